The van der Waals surface area contributed by atoms with Crippen molar-refractivity contribution >= 4 is 22.7 Å². The summed E-state index contributed by atoms with van der Waals surface area (Å²) in [5, 5.41) is 11.2. The lowest BCUT2D eigenvalue weighted by molar-refractivity contribution is -0.122. The van der Waals surface area contributed by atoms with Crippen molar-refractivity contribution in [3.8, 4) is 5.75 Å². The first-order valence-corrected chi connectivity index (χ1v) is 8.14. The molecule has 0 radical (unpaired) electrons. The molecule has 0 fully saturated rings. The Hall–Kier alpha value is -3.16. The molecule has 0 aliphatic heterocycles. The lowest BCUT2D eigenvalue weighted by Gasteiger charge is -2.17. The van der Waals surface area contributed by atoms with Crippen LogP contribution < -0.4 is 15.7 Å². The van der Waals surface area contributed by atoms with Crippen LogP contribution in [-0.4, -0.2) is 27.0 Å². The van der Waals surface area contributed by atoms with Crippen molar-refractivity contribution in [3.05, 3.63) is 45.4 Å². The van der Waals surface area contributed by atoms with Crippen LogP contribution in [0.15, 0.2) is 27.5 Å². The Morgan fingerprint density at radius 1 is 1.27 bits per heavy atom. The summed E-state index contributed by atoms with van der Waals surface area (Å²) in [6.45, 7) is 7.04. The molecule has 0 aliphatic carbocycles. The molecule has 0 bridgehead atoms. The largest absolute Gasteiger partial charge is 0.480 e. The molecule has 0 saturated carbocycles. The zero-order valence-corrected chi connectivity index (χ0v) is 15.3. The van der Waals surface area contributed by atoms with E-state index in [4.69, 9.17) is 9.15 Å². The second kappa shape index (κ2) is 6.62. The maximum Gasteiger partial charge on any atom is 0.339 e. The summed E-state index contributed by atoms with van der Waals surface area (Å²) in [6.07, 6.45) is 0.670. The number of nitrogens with one attached hydrogen (secondary N) is 1. The smallest absolute Gasteiger partial charge is 0.339 e. The van der Waals surface area contributed by atoms with Crippen LogP contribution in [-0.2, 0) is 11.8 Å². The van der Waals surface area contributed by atoms with E-state index in [0.717, 1.165) is 11.1 Å². The van der Waals surface area contributed by atoms with Gasteiger partial charge in [-0.25, -0.2) is 4.79 Å². The number of rotatable bonds is 4. The van der Waals surface area contributed by atoms with E-state index in [-0.39, 0.29) is 11.5 Å². The van der Waals surface area contributed by atoms with Crippen LogP contribution >= 0.6 is 0 Å². The Balaban J connectivity index is 1.93. The van der Waals surface area contributed by atoms with Crippen molar-refractivity contribution in [3.63, 3.8) is 0 Å². The van der Waals surface area contributed by atoms with Crippen LogP contribution in [0.3, 0.4) is 0 Å². The second-order valence-electron chi connectivity index (χ2n) is 6.24. The van der Waals surface area contributed by atoms with Gasteiger partial charge in [-0.1, -0.05) is 0 Å². The summed E-state index contributed by atoms with van der Waals surface area (Å²) in [7, 11) is 1.66. The van der Waals surface area contributed by atoms with E-state index in [2.05, 4.69) is 15.5 Å². The van der Waals surface area contributed by atoms with Gasteiger partial charge in [-0.3, -0.25) is 4.79 Å². The molecule has 2 aromatic heterocycles. The molecule has 3 rings (SSSR count). The van der Waals surface area contributed by atoms with E-state index in [1.807, 2.05) is 19.9 Å². The average Bonchev–Trinajstić information content (AvgIpc) is 2.97. The molecule has 26 heavy (non-hydrogen) atoms. The maximum absolute atomic E-state index is 12.4. The second-order valence-corrected chi connectivity index (χ2v) is 6.24. The molecule has 1 N–H and O–H groups in total. The summed E-state index contributed by atoms with van der Waals surface area (Å²) < 4.78 is 11.3. The maximum atomic E-state index is 12.4. The van der Waals surface area contributed by atoms with Crippen molar-refractivity contribution in [2.24, 2.45) is 7.05 Å². The third-order valence-corrected chi connectivity index (χ3v) is 4.18. The lowest BCUT2D eigenvalue weighted by Crippen LogP contribution is -2.30. The molecule has 0 saturated heterocycles. The first-order chi connectivity index (χ1) is 12.3. The van der Waals surface area contributed by atoms with Crippen molar-refractivity contribution in [2.45, 2.75) is 33.8 Å². The number of benzene rings is 1. The molecular weight excluding hydrogens is 336 g/mol. The molecule has 1 atom stereocenters. The minimum absolute atomic E-state index is 0.347. The normalized spacial score (nSPS) is 12.2. The van der Waals surface area contributed by atoms with E-state index in [9.17, 15) is 9.59 Å². The first kappa shape index (κ1) is 17.7. The molecule has 3 aromatic rings. The van der Waals surface area contributed by atoms with Gasteiger partial charge < -0.3 is 14.5 Å². The van der Waals surface area contributed by atoms with Gasteiger partial charge in [0.25, 0.3) is 5.91 Å². The molecule has 136 valence electrons. The van der Waals surface area contributed by atoms with Crippen molar-refractivity contribution in [1.29, 1.82) is 0 Å². The van der Waals surface area contributed by atoms with Gasteiger partial charge in [0.1, 0.15) is 11.3 Å². The number of aromatic nitrogens is 3. The Bertz CT molecular complexity index is 1050. The summed E-state index contributed by atoms with van der Waals surface area (Å²) >= 11 is 0. The van der Waals surface area contributed by atoms with Crippen molar-refractivity contribution < 1.29 is 13.9 Å². The number of hydrogen-bond acceptors (Lipinski definition) is 6. The minimum Gasteiger partial charge on any atom is -0.480 e. The average molecular weight is 356 g/mol. The molecule has 1 unspecified atom stereocenters. The predicted octanol–water partition coefficient (Wildman–Crippen LogP) is 2.25. The van der Waals surface area contributed by atoms with Gasteiger partial charge in [0.15, 0.2) is 11.9 Å². The number of anilines is 1. The van der Waals surface area contributed by atoms with E-state index in [1.165, 1.54) is 11.0 Å². The van der Waals surface area contributed by atoms with Crippen LogP contribution in [0.25, 0.3) is 11.0 Å². The highest BCUT2D eigenvalue weighted by Crippen LogP contribution is 2.31. The molecule has 2 heterocycles. The van der Waals surface area contributed by atoms with E-state index >= 15 is 0 Å². The highest BCUT2D eigenvalue weighted by atomic mass is 16.5. The zero-order valence-electron chi connectivity index (χ0n) is 15.3. The monoisotopic (exact) mass is 356 g/mol. The molecule has 8 nitrogen and oxygen atoms in total. The summed E-state index contributed by atoms with van der Waals surface area (Å²) in [5.41, 5.74) is 2.21. The minimum atomic E-state index is -0.784. The topological polar surface area (TPSA) is 99.2 Å². The highest BCUT2D eigenvalue weighted by molar-refractivity contribution is 5.94. The van der Waals surface area contributed by atoms with Crippen LogP contribution in [0.1, 0.15) is 23.6 Å². The number of carbonyl (C=O) groups excluding carboxylic acids is 1. The Kier molecular flexibility index (Phi) is 4.50. The third kappa shape index (κ3) is 3.30. The number of carbonyl (C=O) groups is 1. The van der Waals surface area contributed by atoms with Gasteiger partial charge in [-0.2, -0.15) is 9.90 Å². The van der Waals surface area contributed by atoms with Gasteiger partial charge in [-0.05, 0) is 51.0 Å². The van der Waals surface area contributed by atoms with E-state index in [1.54, 1.807) is 27.0 Å². The van der Waals surface area contributed by atoms with Gasteiger partial charge in [-0.15, -0.1) is 5.10 Å². The van der Waals surface area contributed by atoms with Crippen LogP contribution in [0.2, 0.25) is 0 Å². The Morgan fingerprint density at radius 2 is 2.00 bits per heavy atom. The standard InChI is InChI=1S/C18H20N4O4/c1-9-6-13(16-10(2)11(3)18(24)26-14(16)7-9)25-12(4)17(23)20-15-8-19-22(5)21-15/h6-8,12H,1-5H3,(H,20,21,23). The SMILES string of the molecule is Cc1cc(OC(C)C(=O)Nc2cnn(C)n2)c2c(C)c(C)c(=O)oc2c1. The summed E-state index contributed by atoms with van der Waals surface area (Å²) in [6, 6.07) is 3.60. The molecule has 8 heteroatoms. The van der Waals surface area contributed by atoms with Crippen LogP contribution in [0, 0.1) is 20.8 Å². The summed E-state index contributed by atoms with van der Waals surface area (Å²) in [5.74, 6) is 0.484. The van der Waals surface area contributed by atoms with Gasteiger partial charge >= 0.3 is 5.63 Å². The van der Waals surface area contributed by atoms with Gasteiger partial charge in [0, 0.05) is 12.6 Å². The summed E-state index contributed by atoms with van der Waals surface area (Å²) in [4.78, 5) is 25.6. The number of fused-ring (bicyclic) bond motifs is 1. The molecule has 0 aliphatic rings. The fourth-order valence-corrected chi connectivity index (χ4v) is 2.66. The van der Waals surface area contributed by atoms with Crippen molar-refractivity contribution in [2.75, 3.05) is 5.32 Å². The Labute approximate surface area is 149 Å². The molecule has 1 amide bonds. The van der Waals surface area contributed by atoms with Crippen molar-refractivity contribution in [1.82, 2.24) is 15.0 Å². The third-order valence-electron chi connectivity index (χ3n) is 4.18. The van der Waals surface area contributed by atoms with Crippen LogP contribution in [0.5, 0.6) is 5.75 Å². The number of nitrogens with zero attached hydrogens (tertiary/aromatic N) is 3. The van der Waals surface area contributed by atoms with Gasteiger partial charge in [0.2, 0.25) is 0 Å². The molecule has 1 aromatic carbocycles. The Morgan fingerprint density at radius 3 is 2.65 bits per heavy atom. The number of ether oxygens (including phenoxy) is 1. The number of aryl methyl sites for hydroxylation is 3. The zero-order chi connectivity index (χ0) is 19.0. The molecular formula is C18H20N4O4. The number of hydrogen-bond donors (Lipinski definition) is 1. The predicted molar refractivity (Wildman–Crippen MR) is 96.4 cm³/mol. The van der Waals surface area contributed by atoms with Gasteiger partial charge in [0.05, 0.1) is 11.6 Å². The first-order valence-electron chi connectivity index (χ1n) is 8.14. The highest BCUT2D eigenvalue weighted by Gasteiger charge is 2.20. The van der Waals surface area contributed by atoms with E-state index < -0.39 is 6.10 Å². The number of amides is 1. The lowest BCUT2D eigenvalue weighted by atomic mass is 10.0. The van der Waals surface area contributed by atoms with Crippen LogP contribution in [0.4, 0.5) is 5.82 Å². The quantitative estimate of drug-likeness (QED) is 0.720. The fraction of sp³-hybridized carbons (Fsp3) is 0.333. The van der Waals surface area contributed by atoms with E-state index in [0.29, 0.717) is 28.1 Å². The molecule has 0 spiro atoms. The fourth-order valence-electron chi connectivity index (χ4n) is 2.66.